The molecule has 0 spiro atoms. The minimum Gasteiger partial charge on any atom is -0.480 e. The van der Waals surface area contributed by atoms with Crippen molar-refractivity contribution < 1.29 is 14.7 Å². The van der Waals surface area contributed by atoms with Crippen LogP contribution >= 0.6 is 0 Å². The first-order valence-corrected chi connectivity index (χ1v) is 3.99. The highest BCUT2D eigenvalue weighted by atomic mass is 16.7. The first-order valence-electron chi connectivity index (χ1n) is 3.99. The quantitative estimate of drug-likeness (QED) is 0.631. The average Bonchev–Trinajstić information content (AvgIpc) is 2.48. The van der Waals surface area contributed by atoms with E-state index in [2.05, 4.69) is 6.58 Å². The molecule has 0 aromatic heterocycles. The predicted octanol–water partition coefficient (Wildman–Crippen LogP) is 0.653. The highest BCUT2D eigenvalue weighted by Gasteiger charge is 2.30. The number of carboxylic acid groups (broad SMARTS) is 1. The number of hydroxylamine groups is 2. The van der Waals surface area contributed by atoms with Gasteiger partial charge in [0.05, 0.1) is 6.61 Å². The fraction of sp³-hybridized carbons (Fsp3) is 0.625. The van der Waals surface area contributed by atoms with E-state index in [1.807, 2.05) is 0 Å². The maximum Gasteiger partial charge on any atom is 0.323 e. The zero-order valence-electron chi connectivity index (χ0n) is 6.90. The second-order valence-corrected chi connectivity index (χ2v) is 2.72. The third kappa shape index (κ3) is 2.06. The molecule has 4 heteroatoms. The molecule has 1 heterocycles. The third-order valence-corrected chi connectivity index (χ3v) is 1.85. The minimum atomic E-state index is -0.809. The Morgan fingerprint density at radius 2 is 2.58 bits per heavy atom. The van der Waals surface area contributed by atoms with Gasteiger partial charge in [-0.1, -0.05) is 6.08 Å². The molecular formula is C8H13NO3. The SMILES string of the molecule is C=CCON1CCC[C@H]1C(=O)O. The second-order valence-electron chi connectivity index (χ2n) is 2.72. The Labute approximate surface area is 71.4 Å². The summed E-state index contributed by atoms with van der Waals surface area (Å²) in [5.74, 6) is -0.809. The highest BCUT2D eigenvalue weighted by molar-refractivity contribution is 5.73. The van der Waals surface area contributed by atoms with Gasteiger partial charge in [0, 0.05) is 6.54 Å². The zero-order valence-corrected chi connectivity index (χ0v) is 6.90. The summed E-state index contributed by atoms with van der Waals surface area (Å²) >= 11 is 0. The van der Waals surface area contributed by atoms with Gasteiger partial charge in [-0.25, -0.2) is 0 Å². The molecule has 4 nitrogen and oxygen atoms in total. The molecule has 1 saturated heterocycles. The van der Waals surface area contributed by atoms with Crippen molar-refractivity contribution in [1.82, 2.24) is 5.06 Å². The number of aliphatic carboxylic acids is 1. The topological polar surface area (TPSA) is 49.8 Å². The Hall–Kier alpha value is -0.870. The lowest BCUT2D eigenvalue weighted by Gasteiger charge is -2.19. The molecule has 0 radical (unpaired) electrons. The van der Waals surface area contributed by atoms with Crippen molar-refractivity contribution in [3.8, 4) is 0 Å². The van der Waals surface area contributed by atoms with Crippen LogP contribution < -0.4 is 0 Å². The molecule has 0 aromatic rings. The summed E-state index contributed by atoms with van der Waals surface area (Å²) in [5, 5.41) is 10.3. The average molecular weight is 171 g/mol. The van der Waals surface area contributed by atoms with Crippen LogP contribution in [0.5, 0.6) is 0 Å². The van der Waals surface area contributed by atoms with Gasteiger partial charge in [-0.15, -0.1) is 6.58 Å². The van der Waals surface area contributed by atoms with E-state index in [-0.39, 0.29) is 0 Å². The van der Waals surface area contributed by atoms with Gasteiger partial charge < -0.3 is 5.11 Å². The predicted molar refractivity (Wildman–Crippen MR) is 43.5 cm³/mol. The maximum absolute atomic E-state index is 10.6. The third-order valence-electron chi connectivity index (χ3n) is 1.85. The van der Waals surface area contributed by atoms with Crippen LogP contribution in [0.15, 0.2) is 12.7 Å². The lowest BCUT2D eigenvalue weighted by Crippen LogP contribution is -2.35. The number of hydrogen-bond donors (Lipinski definition) is 1. The first kappa shape index (κ1) is 9.22. The smallest absolute Gasteiger partial charge is 0.323 e. The highest BCUT2D eigenvalue weighted by Crippen LogP contribution is 2.17. The first-order chi connectivity index (χ1) is 5.75. The summed E-state index contributed by atoms with van der Waals surface area (Å²) in [5.41, 5.74) is 0. The van der Waals surface area contributed by atoms with Crippen molar-refractivity contribution in [1.29, 1.82) is 0 Å². The van der Waals surface area contributed by atoms with Crippen LogP contribution in [0, 0.1) is 0 Å². The summed E-state index contributed by atoms with van der Waals surface area (Å²) in [4.78, 5) is 15.8. The lowest BCUT2D eigenvalue weighted by atomic mass is 10.2. The van der Waals surface area contributed by atoms with Crippen molar-refractivity contribution in [2.45, 2.75) is 18.9 Å². The fourth-order valence-corrected chi connectivity index (χ4v) is 1.29. The Morgan fingerprint density at radius 1 is 1.83 bits per heavy atom. The molecule has 1 aliphatic heterocycles. The molecule has 0 aliphatic carbocycles. The molecule has 68 valence electrons. The molecule has 1 atom stereocenters. The number of rotatable bonds is 4. The molecule has 0 amide bonds. The van der Waals surface area contributed by atoms with Gasteiger partial charge in [0.25, 0.3) is 0 Å². The van der Waals surface area contributed by atoms with Crippen LogP contribution in [0.1, 0.15) is 12.8 Å². The molecule has 0 unspecified atom stereocenters. The van der Waals surface area contributed by atoms with Crippen molar-refractivity contribution >= 4 is 5.97 Å². The fourth-order valence-electron chi connectivity index (χ4n) is 1.29. The minimum absolute atomic E-state index is 0.379. The van der Waals surface area contributed by atoms with Gasteiger partial charge >= 0.3 is 5.97 Å². The van der Waals surface area contributed by atoms with E-state index in [0.29, 0.717) is 19.6 Å². The number of hydrogen-bond acceptors (Lipinski definition) is 3. The van der Waals surface area contributed by atoms with Crippen molar-refractivity contribution in [2.24, 2.45) is 0 Å². The van der Waals surface area contributed by atoms with E-state index in [9.17, 15) is 4.79 Å². The normalized spacial score (nSPS) is 24.2. The van der Waals surface area contributed by atoms with E-state index in [0.717, 1.165) is 6.42 Å². The number of carboxylic acids is 1. The van der Waals surface area contributed by atoms with Crippen LogP contribution in [0.4, 0.5) is 0 Å². The standard InChI is InChI=1S/C8H13NO3/c1-2-6-12-9-5-3-4-7(9)8(10)11/h2,7H,1,3-6H2,(H,10,11)/t7-/m0/s1. The molecule has 1 fully saturated rings. The van der Waals surface area contributed by atoms with E-state index in [4.69, 9.17) is 9.94 Å². The van der Waals surface area contributed by atoms with Crippen molar-refractivity contribution in [3.05, 3.63) is 12.7 Å². The second kappa shape index (κ2) is 4.23. The Bertz CT molecular complexity index is 181. The van der Waals surface area contributed by atoms with Crippen LogP contribution in [-0.2, 0) is 9.63 Å². The summed E-state index contributed by atoms with van der Waals surface area (Å²) < 4.78 is 0. The monoisotopic (exact) mass is 171 g/mol. The van der Waals surface area contributed by atoms with E-state index in [1.54, 1.807) is 6.08 Å². The lowest BCUT2D eigenvalue weighted by molar-refractivity contribution is -0.180. The molecule has 1 rings (SSSR count). The molecule has 1 aliphatic rings. The zero-order chi connectivity index (χ0) is 8.97. The molecule has 0 saturated carbocycles. The van der Waals surface area contributed by atoms with Gasteiger partial charge in [0.15, 0.2) is 0 Å². The number of nitrogens with zero attached hydrogens (tertiary/aromatic N) is 1. The summed E-state index contributed by atoms with van der Waals surface area (Å²) in [7, 11) is 0. The van der Waals surface area contributed by atoms with E-state index in [1.165, 1.54) is 5.06 Å². The van der Waals surface area contributed by atoms with Gasteiger partial charge in [-0.3, -0.25) is 9.63 Å². The molecule has 0 aromatic carbocycles. The van der Waals surface area contributed by atoms with Crippen LogP contribution in [0.3, 0.4) is 0 Å². The summed E-state index contributed by atoms with van der Waals surface area (Å²) in [6.45, 7) is 4.57. The van der Waals surface area contributed by atoms with Crippen LogP contribution in [0.2, 0.25) is 0 Å². The Kier molecular flexibility index (Phi) is 3.25. The van der Waals surface area contributed by atoms with Crippen LogP contribution in [0.25, 0.3) is 0 Å². The molecule has 12 heavy (non-hydrogen) atoms. The summed E-state index contributed by atoms with van der Waals surface area (Å²) in [6.07, 6.45) is 3.16. The number of carbonyl (C=O) groups is 1. The van der Waals surface area contributed by atoms with E-state index >= 15 is 0 Å². The summed E-state index contributed by atoms with van der Waals surface area (Å²) in [6, 6.07) is -0.468. The van der Waals surface area contributed by atoms with Gasteiger partial charge in [0.2, 0.25) is 0 Å². The van der Waals surface area contributed by atoms with Crippen molar-refractivity contribution in [3.63, 3.8) is 0 Å². The van der Waals surface area contributed by atoms with Crippen molar-refractivity contribution in [2.75, 3.05) is 13.2 Å². The van der Waals surface area contributed by atoms with Crippen LogP contribution in [-0.4, -0.2) is 35.3 Å². The molecule has 1 N–H and O–H groups in total. The Balaban J connectivity index is 2.40. The van der Waals surface area contributed by atoms with E-state index < -0.39 is 12.0 Å². The molecular weight excluding hydrogens is 158 g/mol. The largest absolute Gasteiger partial charge is 0.480 e. The molecule has 0 bridgehead atoms. The van der Waals surface area contributed by atoms with Gasteiger partial charge in [-0.2, -0.15) is 5.06 Å². The van der Waals surface area contributed by atoms with Gasteiger partial charge in [-0.05, 0) is 12.8 Å². The van der Waals surface area contributed by atoms with Gasteiger partial charge in [0.1, 0.15) is 6.04 Å². The maximum atomic E-state index is 10.6. The Morgan fingerprint density at radius 3 is 3.17 bits per heavy atom.